The monoisotopic (exact) mass is 281 g/mol. The molecule has 0 fully saturated rings. The summed E-state index contributed by atoms with van der Waals surface area (Å²) in [6.45, 7) is 0. The molecule has 0 bridgehead atoms. The zero-order valence-corrected chi connectivity index (χ0v) is 11.6. The molecule has 0 atom stereocenters. The molecule has 0 saturated carbocycles. The van der Waals surface area contributed by atoms with Gasteiger partial charge in [0.25, 0.3) is 0 Å². The molecule has 0 radical (unpaired) electrons. The summed E-state index contributed by atoms with van der Waals surface area (Å²) in [6, 6.07) is 0. The van der Waals surface area contributed by atoms with Crippen LogP contribution in [0.2, 0.25) is 0 Å². The molecular formula is C13H15NO6. The maximum absolute atomic E-state index is 11.7. The van der Waals surface area contributed by atoms with Crippen molar-refractivity contribution < 1.29 is 28.6 Å². The molecule has 1 rings (SSSR count). The first-order chi connectivity index (χ1) is 9.46. The standard InChI is InChI=1S/C13H15NO6/c1-14-7-8(11(15)18-2)5-6-9(14)10(12(16)19-3)13(17)20-4/h5-7H,1-4H3. The van der Waals surface area contributed by atoms with Crippen molar-refractivity contribution in [2.45, 2.75) is 0 Å². The summed E-state index contributed by atoms with van der Waals surface area (Å²) in [7, 11) is 5.16. The molecule has 1 heterocycles. The summed E-state index contributed by atoms with van der Waals surface area (Å²) < 4.78 is 13.7. The Bertz CT molecular complexity index is 511. The van der Waals surface area contributed by atoms with Gasteiger partial charge in [0.15, 0.2) is 5.57 Å². The summed E-state index contributed by atoms with van der Waals surface area (Å²) in [5.41, 5.74) is 0.290. The van der Waals surface area contributed by atoms with E-state index in [1.807, 2.05) is 0 Å². The lowest BCUT2D eigenvalue weighted by Crippen LogP contribution is -2.25. The molecule has 20 heavy (non-hydrogen) atoms. The molecule has 0 aromatic heterocycles. The molecule has 7 heteroatoms. The van der Waals surface area contributed by atoms with E-state index >= 15 is 0 Å². The predicted molar refractivity (Wildman–Crippen MR) is 68.1 cm³/mol. The third-order valence-electron chi connectivity index (χ3n) is 2.59. The summed E-state index contributed by atoms with van der Waals surface area (Å²) >= 11 is 0. The fraction of sp³-hybridized carbons (Fsp3) is 0.308. The van der Waals surface area contributed by atoms with E-state index in [1.165, 1.54) is 30.4 Å². The Morgan fingerprint density at radius 1 is 0.950 bits per heavy atom. The van der Waals surface area contributed by atoms with Crippen LogP contribution < -0.4 is 0 Å². The zero-order valence-electron chi connectivity index (χ0n) is 11.6. The van der Waals surface area contributed by atoms with E-state index in [4.69, 9.17) is 0 Å². The molecule has 0 aromatic rings. The maximum atomic E-state index is 11.7. The van der Waals surface area contributed by atoms with Crippen molar-refractivity contribution in [3.05, 3.63) is 35.2 Å². The number of methoxy groups -OCH3 is 3. The van der Waals surface area contributed by atoms with E-state index in [9.17, 15) is 14.4 Å². The van der Waals surface area contributed by atoms with Crippen LogP contribution in [0.1, 0.15) is 0 Å². The minimum absolute atomic E-state index is 0.256. The Morgan fingerprint density at radius 2 is 1.50 bits per heavy atom. The Morgan fingerprint density at radius 3 is 1.90 bits per heavy atom. The lowest BCUT2D eigenvalue weighted by molar-refractivity contribution is -0.144. The van der Waals surface area contributed by atoms with E-state index in [1.54, 1.807) is 7.05 Å². The summed E-state index contributed by atoms with van der Waals surface area (Å²) in [4.78, 5) is 36.2. The lowest BCUT2D eigenvalue weighted by Gasteiger charge is -2.22. The minimum Gasteiger partial charge on any atom is -0.465 e. The third kappa shape index (κ3) is 3.05. The van der Waals surface area contributed by atoms with E-state index in [0.29, 0.717) is 0 Å². The molecule has 1 aliphatic heterocycles. The van der Waals surface area contributed by atoms with Gasteiger partial charge in [-0.15, -0.1) is 0 Å². The number of allylic oxidation sites excluding steroid dienone is 1. The number of nitrogens with zero attached hydrogens (tertiary/aromatic N) is 1. The second-order valence-corrected chi connectivity index (χ2v) is 3.76. The fourth-order valence-corrected chi connectivity index (χ4v) is 1.60. The fourth-order valence-electron chi connectivity index (χ4n) is 1.60. The lowest BCUT2D eigenvalue weighted by atomic mass is 10.1. The van der Waals surface area contributed by atoms with Crippen LogP contribution in [0.5, 0.6) is 0 Å². The highest BCUT2D eigenvalue weighted by Gasteiger charge is 2.27. The van der Waals surface area contributed by atoms with Gasteiger partial charge in [0, 0.05) is 13.2 Å². The topological polar surface area (TPSA) is 82.1 Å². The number of carbonyl (C=O) groups is 3. The van der Waals surface area contributed by atoms with Crippen molar-refractivity contribution >= 4 is 17.9 Å². The van der Waals surface area contributed by atoms with Crippen LogP contribution >= 0.6 is 0 Å². The first-order valence-corrected chi connectivity index (χ1v) is 5.58. The van der Waals surface area contributed by atoms with Crippen molar-refractivity contribution in [2.24, 2.45) is 0 Å². The van der Waals surface area contributed by atoms with Crippen molar-refractivity contribution in [1.29, 1.82) is 0 Å². The molecule has 0 N–H and O–H groups in total. The highest BCUT2D eigenvalue weighted by molar-refractivity contribution is 6.15. The molecule has 0 aromatic carbocycles. The minimum atomic E-state index is -0.821. The number of esters is 3. The molecule has 108 valence electrons. The summed E-state index contributed by atoms with van der Waals surface area (Å²) in [5.74, 6) is -2.17. The van der Waals surface area contributed by atoms with Gasteiger partial charge in [-0.05, 0) is 12.2 Å². The van der Waals surface area contributed by atoms with Crippen molar-refractivity contribution in [3.8, 4) is 0 Å². The molecular weight excluding hydrogens is 266 g/mol. The van der Waals surface area contributed by atoms with E-state index in [0.717, 1.165) is 14.2 Å². The Hall–Kier alpha value is -2.57. The summed E-state index contributed by atoms with van der Waals surface area (Å²) in [5, 5.41) is 0. The highest BCUT2D eigenvalue weighted by atomic mass is 16.5. The van der Waals surface area contributed by atoms with E-state index in [2.05, 4.69) is 14.2 Å². The number of hydrogen-bond donors (Lipinski definition) is 0. The first kappa shape index (κ1) is 15.5. The number of ether oxygens (including phenoxy) is 3. The van der Waals surface area contributed by atoms with Crippen LogP contribution in [0, 0.1) is 0 Å². The second-order valence-electron chi connectivity index (χ2n) is 3.76. The van der Waals surface area contributed by atoms with Gasteiger partial charge >= 0.3 is 17.9 Å². The third-order valence-corrected chi connectivity index (χ3v) is 2.59. The second kappa shape index (κ2) is 6.55. The SMILES string of the molecule is COC(=O)C1=CN(C)C(=C(C(=O)OC)C(=O)OC)C=C1. The Balaban J connectivity index is 3.24. The molecule has 0 spiro atoms. The van der Waals surface area contributed by atoms with Crippen molar-refractivity contribution in [2.75, 3.05) is 28.4 Å². The quantitative estimate of drug-likeness (QED) is 0.239. The highest BCUT2D eigenvalue weighted by Crippen LogP contribution is 2.21. The number of rotatable bonds is 3. The number of carbonyl (C=O) groups excluding carboxylic acids is 3. The van der Waals surface area contributed by atoms with Gasteiger partial charge in [-0.25, -0.2) is 14.4 Å². The number of hydrogen-bond acceptors (Lipinski definition) is 7. The molecule has 0 saturated heterocycles. The van der Waals surface area contributed by atoms with Crippen LogP contribution in [-0.4, -0.2) is 51.2 Å². The largest absolute Gasteiger partial charge is 0.465 e. The Labute approximate surface area is 116 Å². The molecule has 1 aliphatic rings. The Kier molecular flexibility index (Phi) is 5.08. The zero-order chi connectivity index (χ0) is 15.3. The summed E-state index contributed by atoms with van der Waals surface area (Å²) in [6.07, 6.45) is 4.31. The average molecular weight is 281 g/mol. The van der Waals surface area contributed by atoms with Gasteiger partial charge in [-0.3, -0.25) is 0 Å². The van der Waals surface area contributed by atoms with Crippen LogP contribution in [0.15, 0.2) is 35.2 Å². The van der Waals surface area contributed by atoms with E-state index < -0.39 is 17.9 Å². The smallest absolute Gasteiger partial charge is 0.347 e. The van der Waals surface area contributed by atoms with Gasteiger partial charge < -0.3 is 19.1 Å². The van der Waals surface area contributed by atoms with Gasteiger partial charge in [0.2, 0.25) is 0 Å². The van der Waals surface area contributed by atoms with Crippen LogP contribution in [0.4, 0.5) is 0 Å². The van der Waals surface area contributed by atoms with Crippen LogP contribution in [0.25, 0.3) is 0 Å². The normalized spacial score (nSPS) is 13.5. The molecule has 0 aliphatic carbocycles. The van der Waals surface area contributed by atoms with Gasteiger partial charge in [-0.1, -0.05) is 0 Å². The van der Waals surface area contributed by atoms with Crippen molar-refractivity contribution in [1.82, 2.24) is 4.90 Å². The van der Waals surface area contributed by atoms with Crippen LogP contribution in [0.3, 0.4) is 0 Å². The molecule has 0 unspecified atom stereocenters. The average Bonchev–Trinajstić information content (AvgIpc) is 2.47. The van der Waals surface area contributed by atoms with Gasteiger partial charge in [0.1, 0.15) is 0 Å². The van der Waals surface area contributed by atoms with Gasteiger partial charge in [0.05, 0.1) is 32.6 Å². The van der Waals surface area contributed by atoms with Crippen molar-refractivity contribution in [3.63, 3.8) is 0 Å². The maximum Gasteiger partial charge on any atom is 0.347 e. The van der Waals surface area contributed by atoms with E-state index in [-0.39, 0.29) is 16.8 Å². The first-order valence-electron chi connectivity index (χ1n) is 5.58. The van der Waals surface area contributed by atoms with Crippen LogP contribution in [-0.2, 0) is 28.6 Å². The molecule has 0 amide bonds. The number of likely N-dealkylation sites (N-methyl/N-ethyl adjacent to an activating group) is 1. The predicted octanol–water partition coefficient (Wildman–Crippen LogP) is 0.145. The molecule has 7 nitrogen and oxygen atoms in total. The van der Waals surface area contributed by atoms with Gasteiger partial charge in [-0.2, -0.15) is 0 Å².